The van der Waals surface area contributed by atoms with Crippen LogP contribution >= 0.6 is 0 Å². The van der Waals surface area contributed by atoms with Crippen LogP contribution < -0.4 is 5.73 Å². The van der Waals surface area contributed by atoms with Gasteiger partial charge in [0.15, 0.2) is 5.78 Å². The molecule has 0 aromatic carbocycles. The van der Waals surface area contributed by atoms with Gasteiger partial charge in [0.05, 0.1) is 0 Å². The number of rotatable bonds is 2. The van der Waals surface area contributed by atoms with Crippen LogP contribution in [0.2, 0.25) is 0 Å². The van der Waals surface area contributed by atoms with E-state index in [1.54, 1.807) is 0 Å². The minimum atomic E-state index is 0.105. The average molecular weight is 209 g/mol. The first-order valence-electron chi connectivity index (χ1n) is 5.20. The standard InChI is InChI=1S/C11H15NO3/c1-2-9(13)7-5-10-11(6-8(7)12)15-4-3-14-10/h2-6,12H2,1H3. The zero-order chi connectivity index (χ0) is 10.8. The van der Waals surface area contributed by atoms with E-state index in [1.807, 2.05) is 6.92 Å². The second-order valence-electron chi connectivity index (χ2n) is 3.68. The van der Waals surface area contributed by atoms with Crippen LogP contribution in [0.1, 0.15) is 26.2 Å². The van der Waals surface area contributed by atoms with E-state index in [9.17, 15) is 4.79 Å². The maximum atomic E-state index is 11.6. The summed E-state index contributed by atoms with van der Waals surface area (Å²) < 4.78 is 10.9. The molecule has 0 atom stereocenters. The zero-order valence-corrected chi connectivity index (χ0v) is 8.84. The van der Waals surface area contributed by atoms with Crippen LogP contribution in [0, 0.1) is 0 Å². The Labute approximate surface area is 88.7 Å². The topological polar surface area (TPSA) is 61.6 Å². The van der Waals surface area contributed by atoms with E-state index in [4.69, 9.17) is 15.2 Å². The molecule has 0 amide bonds. The lowest BCUT2D eigenvalue weighted by molar-refractivity contribution is -0.115. The lowest BCUT2D eigenvalue weighted by atomic mass is 9.95. The first-order chi connectivity index (χ1) is 7.22. The summed E-state index contributed by atoms with van der Waals surface area (Å²) in [4.78, 5) is 11.6. The number of hydrogen-bond acceptors (Lipinski definition) is 4. The summed E-state index contributed by atoms with van der Waals surface area (Å²) >= 11 is 0. The van der Waals surface area contributed by atoms with Crippen molar-refractivity contribution in [3.05, 3.63) is 22.8 Å². The van der Waals surface area contributed by atoms with Crippen LogP contribution in [0.5, 0.6) is 0 Å². The van der Waals surface area contributed by atoms with Crippen LogP contribution in [0.3, 0.4) is 0 Å². The monoisotopic (exact) mass is 209 g/mol. The number of Topliss-reactive ketones (excluding diaryl/α,β-unsaturated/α-hetero) is 1. The van der Waals surface area contributed by atoms with Crippen LogP contribution in [0.4, 0.5) is 0 Å². The Bertz CT molecular complexity index is 355. The van der Waals surface area contributed by atoms with Gasteiger partial charge in [0.2, 0.25) is 0 Å². The predicted molar refractivity (Wildman–Crippen MR) is 54.7 cm³/mol. The fraction of sp³-hybridized carbons (Fsp3) is 0.545. The van der Waals surface area contributed by atoms with Gasteiger partial charge in [-0.1, -0.05) is 6.92 Å². The van der Waals surface area contributed by atoms with Gasteiger partial charge in [-0.15, -0.1) is 0 Å². The average Bonchev–Trinajstić information content (AvgIpc) is 2.27. The minimum absolute atomic E-state index is 0.105. The molecule has 82 valence electrons. The minimum Gasteiger partial charge on any atom is -0.491 e. The molecule has 0 radical (unpaired) electrons. The van der Waals surface area contributed by atoms with E-state index >= 15 is 0 Å². The van der Waals surface area contributed by atoms with Gasteiger partial charge in [-0.2, -0.15) is 0 Å². The maximum absolute atomic E-state index is 11.6. The SMILES string of the molecule is CCC(=O)C1=C(N)CC2=C(C1)OCCO2. The molecule has 0 spiro atoms. The van der Waals surface area contributed by atoms with Crippen molar-refractivity contribution in [3.63, 3.8) is 0 Å². The summed E-state index contributed by atoms with van der Waals surface area (Å²) in [6.45, 7) is 2.97. The Kier molecular flexibility index (Phi) is 2.66. The summed E-state index contributed by atoms with van der Waals surface area (Å²) in [6, 6.07) is 0. The van der Waals surface area contributed by atoms with Gasteiger partial charge < -0.3 is 15.2 Å². The molecule has 0 unspecified atom stereocenters. The molecule has 4 nitrogen and oxygen atoms in total. The highest BCUT2D eigenvalue weighted by Gasteiger charge is 2.26. The normalized spacial score (nSPS) is 20.6. The van der Waals surface area contributed by atoms with Gasteiger partial charge in [0.25, 0.3) is 0 Å². The Morgan fingerprint density at radius 3 is 2.47 bits per heavy atom. The molecule has 2 aliphatic rings. The van der Waals surface area contributed by atoms with Crippen LogP contribution in [0.25, 0.3) is 0 Å². The summed E-state index contributed by atoms with van der Waals surface area (Å²) in [5.41, 5.74) is 7.18. The summed E-state index contributed by atoms with van der Waals surface area (Å²) in [7, 11) is 0. The van der Waals surface area contributed by atoms with E-state index in [0.29, 0.717) is 43.7 Å². The summed E-state index contributed by atoms with van der Waals surface area (Å²) in [5, 5.41) is 0. The van der Waals surface area contributed by atoms with E-state index < -0.39 is 0 Å². The highest BCUT2D eigenvalue weighted by atomic mass is 16.6. The van der Waals surface area contributed by atoms with Gasteiger partial charge in [-0.05, 0) is 0 Å². The third-order valence-electron chi connectivity index (χ3n) is 2.68. The molecule has 0 bridgehead atoms. The van der Waals surface area contributed by atoms with E-state index in [-0.39, 0.29) is 5.78 Å². The molecule has 2 rings (SSSR count). The number of carbonyl (C=O) groups excluding carboxylic acids is 1. The van der Waals surface area contributed by atoms with Crippen molar-refractivity contribution < 1.29 is 14.3 Å². The van der Waals surface area contributed by atoms with Crippen molar-refractivity contribution in [2.24, 2.45) is 5.73 Å². The second kappa shape index (κ2) is 3.96. The molecular formula is C11H15NO3. The number of nitrogens with two attached hydrogens (primary N) is 1. The molecule has 1 aliphatic heterocycles. The molecule has 0 saturated heterocycles. The largest absolute Gasteiger partial charge is 0.491 e. The lowest BCUT2D eigenvalue weighted by Crippen LogP contribution is -2.23. The Balaban J connectivity index is 2.20. The van der Waals surface area contributed by atoms with Crippen LogP contribution in [0.15, 0.2) is 22.8 Å². The number of carbonyl (C=O) groups is 1. The predicted octanol–water partition coefficient (Wildman–Crippen LogP) is 1.23. The fourth-order valence-corrected chi connectivity index (χ4v) is 1.83. The lowest BCUT2D eigenvalue weighted by Gasteiger charge is -2.27. The van der Waals surface area contributed by atoms with Crippen molar-refractivity contribution in [2.45, 2.75) is 26.2 Å². The van der Waals surface area contributed by atoms with Gasteiger partial charge in [-0.3, -0.25) is 4.79 Å². The van der Waals surface area contributed by atoms with Crippen molar-refractivity contribution in [2.75, 3.05) is 13.2 Å². The second-order valence-corrected chi connectivity index (χ2v) is 3.68. The molecule has 4 heteroatoms. The highest BCUT2D eigenvalue weighted by Crippen LogP contribution is 2.31. The van der Waals surface area contributed by atoms with Crippen molar-refractivity contribution in [1.82, 2.24) is 0 Å². The molecule has 0 aromatic heterocycles. The molecule has 15 heavy (non-hydrogen) atoms. The molecular weight excluding hydrogens is 194 g/mol. The molecule has 0 saturated carbocycles. The number of hydrogen-bond donors (Lipinski definition) is 1. The third kappa shape index (κ3) is 1.84. The van der Waals surface area contributed by atoms with Crippen molar-refractivity contribution in [1.29, 1.82) is 0 Å². The zero-order valence-electron chi connectivity index (χ0n) is 8.84. The third-order valence-corrected chi connectivity index (χ3v) is 2.68. The first-order valence-corrected chi connectivity index (χ1v) is 5.20. The molecule has 0 fully saturated rings. The van der Waals surface area contributed by atoms with Crippen LogP contribution in [-0.2, 0) is 14.3 Å². The number of ether oxygens (including phenoxy) is 2. The number of allylic oxidation sites excluding steroid dienone is 1. The molecule has 1 aliphatic carbocycles. The maximum Gasteiger partial charge on any atom is 0.160 e. The van der Waals surface area contributed by atoms with E-state index in [0.717, 1.165) is 11.5 Å². The van der Waals surface area contributed by atoms with E-state index in [1.165, 1.54) is 0 Å². The molecule has 2 N–H and O–H groups in total. The Morgan fingerprint density at radius 2 is 1.87 bits per heavy atom. The van der Waals surface area contributed by atoms with Crippen molar-refractivity contribution in [3.8, 4) is 0 Å². The first kappa shape index (κ1) is 10.1. The van der Waals surface area contributed by atoms with Gasteiger partial charge in [0, 0.05) is 30.5 Å². The van der Waals surface area contributed by atoms with Crippen molar-refractivity contribution >= 4 is 5.78 Å². The Morgan fingerprint density at radius 1 is 1.27 bits per heavy atom. The van der Waals surface area contributed by atoms with E-state index in [2.05, 4.69) is 0 Å². The number of ketones is 1. The van der Waals surface area contributed by atoms with Gasteiger partial charge in [-0.25, -0.2) is 0 Å². The highest BCUT2D eigenvalue weighted by molar-refractivity contribution is 5.96. The quantitative estimate of drug-likeness (QED) is 0.743. The van der Waals surface area contributed by atoms with Gasteiger partial charge in [0.1, 0.15) is 24.7 Å². The molecule has 1 heterocycles. The Hall–Kier alpha value is -1.45. The van der Waals surface area contributed by atoms with Gasteiger partial charge >= 0.3 is 0 Å². The molecule has 0 aromatic rings. The fourth-order valence-electron chi connectivity index (χ4n) is 1.83. The smallest absolute Gasteiger partial charge is 0.160 e. The summed E-state index contributed by atoms with van der Waals surface area (Å²) in [6.07, 6.45) is 1.49. The van der Waals surface area contributed by atoms with Crippen LogP contribution in [-0.4, -0.2) is 19.0 Å². The summed E-state index contributed by atoms with van der Waals surface area (Å²) in [5.74, 6) is 1.69.